The number of ether oxygens (including phenoxy) is 2. The second kappa shape index (κ2) is 6.76. The fourth-order valence-electron chi connectivity index (χ4n) is 3.01. The van der Waals surface area contributed by atoms with Gasteiger partial charge in [0.25, 0.3) is 0 Å². The van der Waals surface area contributed by atoms with E-state index in [9.17, 15) is 9.59 Å². The highest BCUT2D eigenvalue weighted by atomic mass is 35.5. The fourth-order valence-corrected chi connectivity index (χ4v) is 3.24. The van der Waals surface area contributed by atoms with E-state index in [1.807, 2.05) is 19.1 Å². The van der Waals surface area contributed by atoms with E-state index < -0.39 is 5.97 Å². The summed E-state index contributed by atoms with van der Waals surface area (Å²) in [7, 11) is 1.49. The maximum Gasteiger partial charge on any atom is 0.325 e. The van der Waals surface area contributed by atoms with Crippen LogP contribution in [-0.4, -0.2) is 24.3 Å². The van der Waals surface area contributed by atoms with E-state index in [0.29, 0.717) is 32.6 Å². The van der Waals surface area contributed by atoms with E-state index in [1.54, 1.807) is 29.7 Å². The molecule has 0 spiro atoms. The lowest BCUT2D eigenvalue weighted by molar-refractivity contribution is -0.143. The van der Waals surface area contributed by atoms with Gasteiger partial charge < -0.3 is 14.0 Å². The van der Waals surface area contributed by atoms with Crippen LogP contribution in [-0.2, 0) is 16.1 Å². The largest absolute Gasteiger partial charge is 0.493 e. The topological polar surface area (TPSA) is 57.5 Å². The molecule has 0 amide bonds. The lowest BCUT2D eigenvalue weighted by Crippen LogP contribution is -2.18. The molecule has 1 heterocycles. The molecule has 0 aliphatic rings. The minimum Gasteiger partial charge on any atom is -0.493 e. The second-order valence-electron chi connectivity index (χ2n) is 5.72. The van der Waals surface area contributed by atoms with Gasteiger partial charge in [-0.05, 0) is 43.7 Å². The van der Waals surface area contributed by atoms with Gasteiger partial charge in [0, 0.05) is 5.39 Å². The van der Waals surface area contributed by atoms with Gasteiger partial charge in [-0.3, -0.25) is 9.59 Å². The molecule has 0 saturated carbocycles. The number of hydrogen-bond acceptors (Lipinski definition) is 4. The Morgan fingerprint density at radius 2 is 1.92 bits per heavy atom. The Morgan fingerprint density at radius 1 is 1.20 bits per heavy atom. The van der Waals surface area contributed by atoms with Crippen LogP contribution in [0.5, 0.6) is 5.75 Å². The number of methoxy groups -OCH3 is 1. The van der Waals surface area contributed by atoms with Crippen molar-refractivity contribution in [1.82, 2.24) is 4.57 Å². The van der Waals surface area contributed by atoms with Crippen LogP contribution in [0.3, 0.4) is 0 Å². The van der Waals surface area contributed by atoms with Crippen molar-refractivity contribution in [2.45, 2.75) is 20.4 Å². The van der Waals surface area contributed by atoms with Gasteiger partial charge in [0.05, 0.1) is 35.2 Å². The van der Waals surface area contributed by atoms with E-state index in [0.717, 1.165) is 5.56 Å². The Kier molecular flexibility index (Phi) is 4.68. The molecule has 3 rings (SSSR count). The summed E-state index contributed by atoms with van der Waals surface area (Å²) in [4.78, 5) is 25.1. The predicted octanol–water partition coefficient (Wildman–Crippen LogP) is 3.69. The van der Waals surface area contributed by atoms with E-state index in [2.05, 4.69) is 0 Å². The number of aryl methyl sites for hydroxylation is 1. The molecular weight excluding hydrogens is 342 g/mol. The molecule has 1 aromatic heterocycles. The van der Waals surface area contributed by atoms with Gasteiger partial charge in [0.1, 0.15) is 6.54 Å². The van der Waals surface area contributed by atoms with Crippen LogP contribution in [0, 0.1) is 6.92 Å². The molecule has 5 nitrogen and oxygen atoms in total. The fraction of sp³-hybridized carbons (Fsp3) is 0.263. The number of carbonyl (C=O) groups is 1. The van der Waals surface area contributed by atoms with Crippen molar-refractivity contribution in [2.24, 2.45) is 0 Å². The summed E-state index contributed by atoms with van der Waals surface area (Å²) in [5, 5.41) is 1.35. The first-order valence-corrected chi connectivity index (χ1v) is 8.30. The second-order valence-corrected chi connectivity index (χ2v) is 6.12. The number of nitrogens with zero attached hydrogens (tertiary/aromatic N) is 1. The van der Waals surface area contributed by atoms with Gasteiger partial charge in [0.15, 0.2) is 11.2 Å². The van der Waals surface area contributed by atoms with Crippen LogP contribution in [0.2, 0.25) is 5.02 Å². The van der Waals surface area contributed by atoms with Gasteiger partial charge in [-0.2, -0.15) is 0 Å². The molecular formula is C19H18ClNO4. The van der Waals surface area contributed by atoms with Gasteiger partial charge in [-0.1, -0.05) is 17.7 Å². The van der Waals surface area contributed by atoms with Crippen molar-refractivity contribution in [1.29, 1.82) is 0 Å². The molecule has 0 unspecified atom stereocenters. The number of halogens is 1. The molecule has 25 heavy (non-hydrogen) atoms. The zero-order chi connectivity index (χ0) is 18.1. The van der Waals surface area contributed by atoms with Crippen molar-refractivity contribution in [2.75, 3.05) is 13.7 Å². The molecule has 0 N–H and O–H groups in total. The average molecular weight is 360 g/mol. The lowest BCUT2D eigenvalue weighted by atomic mass is 10.1. The van der Waals surface area contributed by atoms with Crippen molar-refractivity contribution in [3.63, 3.8) is 0 Å². The average Bonchev–Trinajstić information content (AvgIpc) is 2.58. The highest BCUT2D eigenvalue weighted by molar-refractivity contribution is 6.33. The smallest absolute Gasteiger partial charge is 0.325 e. The summed E-state index contributed by atoms with van der Waals surface area (Å²) in [6, 6.07) is 8.80. The van der Waals surface area contributed by atoms with E-state index >= 15 is 0 Å². The minimum atomic E-state index is -0.391. The van der Waals surface area contributed by atoms with E-state index in [4.69, 9.17) is 21.1 Å². The molecule has 6 heteroatoms. The molecule has 0 aliphatic heterocycles. The number of aromatic nitrogens is 1. The highest BCUT2D eigenvalue weighted by Gasteiger charge is 2.19. The number of pyridine rings is 1. The first-order chi connectivity index (χ1) is 12.0. The zero-order valence-corrected chi connectivity index (χ0v) is 15.0. The van der Waals surface area contributed by atoms with Gasteiger partial charge in [-0.25, -0.2) is 0 Å². The summed E-state index contributed by atoms with van der Waals surface area (Å²) in [5.41, 5.74) is 1.99. The Morgan fingerprint density at radius 3 is 2.60 bits per heavy atom. The van der Waals surface area contributed by atoms with Gasteiger partial charge in [-0.15, -0.1) is 0 Å². The van der Waals surface area contributed by atoms with Crippen LogP contribution < -0.4 is 10.2 Å². The van der Waals surface area contributed by atoms with Crippen LogP contribution in [0.15, 0.2) is 35.1 Å². The van der Waals surface area contributed by atoms with E-state index in [1.165, 1.54) is 7.11 Å². The summed E-state index contributed by atoms with van der Waals surface area (Å²) in [6.45, 7) is 3.92. The zero-order valence-electron chi connectivity index (χ0n) is 14.3. The summed E-state index contributed by atoms with van der Waals surface area (Å²) >= 11 is 6.25. The molecule has 0 aliphatic carbocycles. The number of carbonyl (C=O) groups excluding carboxylic acids is 1. The molecule has 0 radical (unpaired) electrons. The number of rotatable bonds is 4. The SMILES string of the molecule is CCOC(=O)Cn1c2cc(C)ccc2c(=O)c2ccc(Cl)c(OC)c21. The maximum absolute atomic E-state index is 12.9. The lowest BCUT2D eigenvalue weighted by Gasteiger charge is -2.18. The third kappa shape index (κ3) is 2.96. The summed E-state index contributed by atoms with van der Waals surface area (Å²) in [5.74, 6) is -0.0266. The van der Waals surface area contributed by atoms with Gasteiger partial charge >= 0.3 is 5.97 Å². The van der Waals surface area contributed by atoms with Crippen molar-refractivity contribution in [3.8, 4) is 5.75 Å². The number of esters is 1. The first-order valence-electron chi connectivity index (χ1n) is 7.93. The third-order valence-electron chi connectivity index (χ3n) is 4.08. The standard InChI is InChI=1S/C19H18ClNO4/c1-4-25-16(22)10-21-15-9-11(2)5-6-12(15)18(23)13-7-8-14(20)19(24-3)17(13)21/h5-9H,4,10H2,1-3H3. The number of hydrogen-bond donors (Lipinski definition) is 0. The Balaban J connectivity index is 2.49. The van der Waals surface area contributed by atoms with Crippen molar-refractivity contribution >= 4 is 39.4 Å². The monoisotopic (exact) mass is 359 g/mol. The predicted molar refractivity (Wildman–Crippen MR) is 98.6 cm³/mol. The normalized spacial score (nSPS) is 11.0. The van der Waals surface area contributed by atoms with Crippen molar-refractivity contribution < 1.29 is 14.3 Å². The quantitative estimate of drug-likeness (QED) is 0.526. The highest BCUT2D eigenvalue weighted by Crippen LogP contribution is 2.34. The summed E-state index contributed by atoms with van der Waals surface area (Å²) < 4.78 is 12.3. The van der Waals surface area contributed by atoms with Crippen LogP contribution >= 0.6 is 11.6 Å². The van der Waals surface area contributed by atoms with Gasteiger partial charge in [0.2, 0.25) is 0 Å². The first kappa shape index (κ1) is 17.3. The summed E-state index contributed by atoms with van der Waals surface area (Å²) in [6.07, 6.45) is 0. The maximum atomic E-state index is 12.9. The number of fused-ring (bicyclic) bond motifs is 2. The Hall–Kier alpha value is -2.53. The van der Waals surface area contributed by atoms with E-state index in [-0.39, 0.29) is 18.6 Å². The number of benzene rings is 2. The third-order valence-corrected chi connectivity index (χ3v) is 4.38. The van der Waals surface area contributed by atoms with Crippen LogP contribution in [0.1, 0.15) is 12.5 Å². The molecule has 0 fully saturated rings. The van der Waals surface area contributed by atoms with Crippen molar-refractivity contribution in [3.05, 3.63) is 51.1 Å². The Bertz CT molecular complexity index is 1040. The molecule has 2 aromatic carbocycles. The molecule has 3 aromatic rings. The molecule has 0 bridgehead atoms. The van der Waals surface area contributed by atoms with Crippen LogP contribution in [0.25, 0.3) is 21.8 Å². The Labute approximate surface area is 149 Å². The van der Waals surface area contributed by atoms with Crippen LogP contribution in [0.4, 0.5) is 0 Å². The molecule has 0 atom stereocenters. The molecule has 0 saturated heterocycles. The molecule has 130 valence electrons. The minimum absolute atomic E-state index is 0.0404.